The Morgan fingerprint density at radius 2 is 1.86 bits per heavy atom. The number of hydrogen-bond acceptors (Lipinski definition) is 5. The maximum Gasteiger partial charge on any atom is 0.241 e. The van der Waals surface area contributed by atoms with Gasteiger partial charge in [0, 0.05) is 12.0 Å². The van der Waals surface area contributed by atoms with Crippen LogP contribution in [0.4, 0.5) is 0 Å². The lowest BCUT2D eigenvalue weighted by Gasteiger charge is -2.03. The smallest absolute Gasteiger partial charge is 0.241 e. The lowest BCUT2D eigenvalue weighted by atomic mass is 10.2. The van der Waals surface area contributed by atoms with Crippen LogP contribution >= 0.6 is 0 Å². The summed E-state index contributed by atoms with van der Waals surface area (Å²) in [6, 6.07) is 17.6. The molecule has 0 fully saturated rings. The fraction of sp³-hybridized carbons (Fsp3) is 0.190. The van der Waals surface area contributed by atoms with Crippen LogP contribution in [0.25, 0.3) is 16.7 Å². The molecular formula is C21H21N7O. The number of carbonyl (C=O) groups is 1. The molecule has 29 heavy (non-hydrogen) atoms. The van der Waals surface area contributed by atoms with Crippen molar-refractivity contribution in [2.24, 2.45) is 5.10 Å². The normalized spacial score (nSPS) is 11.4. The van der Waals surface area contributed by atoms with Gasteiger partial charge < -0.3 is 0 Å². The van der Waals surface area contributed by atoms with E-state index in [1.165, 1.54) is 0 Å². The first-order chi connectivity index (χ1) is 14.1. The van der Waals surface area contributed by atoms with Crippen LogP contribution in [0.5, 0.6) is 0 Å². The molecule has 1 N–H and O–H groups in total. The Balaban J connectivity index is 1.39. The van der Waals surface area contributed by atoms with E-state index >= 15 is 0 Å². The number of fused-ring (bicyclic) bond motifs is 1. The van der Waals surface area contributed by atoms with Gasteiger partial charge in [0.15, 0.2) is 0 Å². The van der Waals surface area contributed by atoms with Gasteiger partial charge in [-0.1, -0.05) is 35.5 Å². The van der Waals surface area contributed by atoms with Crippen LogP contribution in [0, 0.1) is 13.8 Å². The highest BCUT2D eigenvalue weighted by atomic mass is 16.2. The summed E-state index contributed by atoms with van der Waals surface area (Å²) in [4.78, 5) is 12.2. The number of nitrogens with zero attached hydrogens (tertiary/aromatic N) is 6. The topological polar surface area (TPSA) is 90.0 Å². The van der Waals surface area contributed by atoms with Crippen molar-refractivity contribution < 1.29 is 4.79 Å². The molecule has 0 radical (unpaired) electrons. The molecule has 8 heteroatoms. The van der Waals surface area contributed by atoms with E-state index in [2.05, 4.69) is 25.9 Å². The van der Waals surface area contributed by atoms with Crippen LogP contribution in [0.3, 0.4) is 0 Å². The van der Waals surface area contributed by atoms with E-state index in [4.69, 9.17) is 0 Å². The highest BCUT2D eigenvalue weighted by Crippen LogP contribution is 2.16. The van der Waals surface area contributed by atoms with E-state index in [9.17, 15) is 4.79 Å². The molecule has 0 aliphatic rings. The largest absolute Gasteiger partial charge is 0.273 e. The summed E-state index contributed by atoms with van der Waals surface area (Å²) < 4.78 is 3.59. The number of rotatable bonds is 6. The van der Waals surface area contributed by atoms with Crippen molar-refractivity contribution in [3.05, 3.63) is 71.5 Å². The average molecular weight is 387 g/mol. The molecule has 2 aromatic heterocycles. The molecule has 0 atom stereocenters. The summed E-state index contributed by atoms with van der Waals surface area (Å²) >= 11 is 0. The Morgan fingerprint density at radius 3 is 2.69 bits per heavy atom. The number of aromatic nitrogens is 5. The average Bonchev–Trinajstić information content (AvgIpc) is 3.28. The summed E-state index contributed by atoms with van der Waals surface area (Å²) in [6.07, 6.45) is 1.89. The molecule has 0 saturated heterocycles. The van der Waals surface area contributed by atoms with Gasteiger partial charge in [0.1, 0.15) is 5.52 Å². The van der Waals surface area contributed by atoms with E-state index < -0.39 is 0 Å². The second-order valence-electron chi connectivity index (χ2n) is 6.68. The fourth-order valence-corrected chi connectivity index (χ4v) is 3.18. The third kappa shape index (κ3) is 3.91. The summed E-state index contributed by atoms with van der Waals surface area (Å²) in [7, 11) is 0. The van der Waals surface area contributed by atoms with Crippen molar-refractivity contribution in [1.82, 2.24) is 30.2 Å². The number of carbonyl (C=O) groups excluding carboxylic acids is 1. The summed E-state index contributed by atoms with van der Waals surface area (Å²) in [5, 5.41) is 16.9. The van der Waals surface area contributed by atoms with Crippen molar-refractivity contribution in [2.75, 3.05) is 0 Å². The van der Waals surface area contributed by atoms with Crippen LogP contribution in [0.15, 0.2) is 59.7 Å². The maximum absolute atomic E-state index is 12.2. The predicted octanol–water partition coefficient (Wildman–Crippen LogP) is 2.77. The van der Waals surface area contributed by atoms with Gasteiger partial charge in [0.2, 0.25) is 5.91 Å². The molecule has 0 unspecified atom stereocenters. The van der Waals surface area contributed by atoms with E-state index in [0.29, 0.717) is 6.54 Å². The minimum Gasteiger partial charge on any atom is -0.273 e. The number of para-hydroxylation sites is 2. The molecule has 0 aliphatic carbocycles. The number of benzene rings is 2. The quantitative estimate of drug-likeness (QED) is 0.407. The summed E-state index contributed by atoms with van der Waals surface area (Å²) in [5.41, 5.74) is 7.97. The zero-order valence-electron chi connectivity index (χ0n) is 16.3. The lowest BCUT2D eigenvalue weighted by molar-refractivity contribution is -0.121. The Hall–Kier alpha value is -3.81. The van der Waals surface area contributed by atoms with Gasteiger partial charge in [-0.05, 0) is 38.1 Å². The lowest BCUT2D eigenvalue weighted by Crippen LogP contribution is -2.19. The molecule has 146 valence electrons. The Labute approximate surface area is 167 Å². The summed E-state index contributed by atoms with van der Waals surface area (Å²) in [6.45, 7) is 4.34. The van der Waals surface area contributed by atoms with E-state index in [-0.39, 0.29) is 12.3 Å². The van der Waals surface area contributed by atoms with Gasteiger partial charge in [-0.25, -0.2) is 14.8 Å². The molecule has 0 saturated carbocycles. The molecule has 2 heterocycles. The summed E-state index contributed by atoms with van der Waals surface area (Å²) in [5.74, 6) is -0.188. The van der Waals surface area contributed by atoms with Crippen molar-refractivity contribution in [1.29, 1.82) is 0 Å². The number of nitrogens with one attached hydrogen (secondary N) is 1. The van der Waals surface area contributed by atoms with Crippen molar-refractivity contribution in [3.63, 3.8) is 0 Å². The van der Waals surface area contributed by atoms with Gasteiger partial charge in [0.05, 0.1) is 35.4 Å². The van der Waals surface area contributed by atoms with Gasteiger partial charge >= 0.3 is 0 Å². The van der Waals surface area contributed by atoms with Crippen LogP contribution in [-0.2, 0) is 11.3 Å². The Morgan fingerprint density at radius 1 is 1.10 bits per heavy atom. The number of hydrogen-bond donors (Lipinski definition) is 1. The first kappa shape index (κ1) is 18.5. The van der Waals surface area contributed by atoms with Crippen LogP contribution in [0.2, 0.25) is 0 Å². The molecule has 8 nitrogen and oxygen atoms in total. The van der Waals surface area contributed by atoms with Gasteiger partial charge in [-0.15, -0.1) is 5.10 Å². The number of amides is 1. The SMILES string of the molecule is Cc1nn(-c2ccccc2)c(C)c1C=NNC(=O)CCn1nnc2ccccc21. The fourth-order valence-electron chi connectivity index (χ4n) is 3.18. The first-order valence-electron chi connectivity index (χ1n) is 9.35. The Kier molecular flexibility index (Phi) is 5.15. The standard InChI is InChI=1S/C21H21N7O/c1-15-18(16(2)28(25-15)17-8-4-3-5-9-17)14-22-24-21(29)12-13-27-20-11-7-6-10-19(20)23-26-27/h3-11,14H,12-13H2,1-2H3,(H,24,29). The van der Waals surface area contributed by atoms with E-state index in [1.807, 2.05) is 73.1 Å². The van der Waals surface area contributed by atoms with E-state index in [1.54, 1.807) is 10.9 Å². The molecule has 4 rings (SSSR count). The van der Waals surface area contributed by atoms with Gasteiger partial charge in [-0.2, -0.15) is 10.2 Å². The highest BCUT2D eigenvalue weighted by Gasteiger charge is 2.11. The monoisotopic (exact) mass is 387 g/mol. The number of aryl methyl sites for hydroxylation is 2. The highest BCUT2D eigenvalue weighted by molar-refractivity contribution is 5.84. The third-order valence-electron chi connectivity index (χ3n) is 4.70. The van der Waals surface area contributed by atoms with Crippen molar-refractivity contribution in [2.45, 2.75) is 26.8 Å². The van der Waals surface area contributed by atoms with Crippen molar-refractivity contribution in [3.8, 4) is 5.69 Å². The maximum atomic E-state index is 12.2. The third-order valence-corrected chi connectivity index (χ3v) is 4.70. The van der Waals surface area contributed by atoms with Crippen LogP contribution < -0.4 is 5.43 Å². The molecule has 4 aromatic rings. The van der Waals surface area contributed by atoms with Crippen molar-refractivity contribution >= 4 is 23.2 Å². The zero-order valence-corrected chi connectivity index (χ0v) is 16.3. The molecule has 0 spiro atoms. The second-order valence-corrected chi connectivity index (χ2v) is 6.68. The minimum atomic E-state index is -0.188. The first-order valence-corrected chi connectivity index (χ1v) is 9.35. The zero-order chi connectivity index (χ0) is 20.2. The Bertz CT molecular complexity index is 1170. The number of hydrazone groups is 1. The molecule has 0 bridgehead atoms. The molecular weight excluding hydrogens is 366 g/mol. The predicted molar refractivity (Wildman–Crippen MR) is 111 cm³/mol. The molecule has 1 amide bonds. The molecule has 0 aliphatic heterocycles. The molecule has 2 aromatic carbocycles. The van der Waals surface area contributed by atoms with Gasteiger partial charge in [0.25, 0.3) is 0 Å². The van der Waals surface area contributed by atoms with Crippen LogP contribution in [-0.4, -0.2) is 36.9 Å². The van der Waals surface area contributed by atoms with E-state index in [0.717, 1.165) is 33.7 Å². The van der Waals surface area contributed by atoms with Crippen LogP contribution in [0.1, 0.15) is 23.4 Å². The van der Waals surface area contributed by atoms with Gasteiger partial charge in [-0.3, -0.25) is 4.79 Å². The minimum absolute atomic E-state index is 0.188. The second kappa shape index (κ2) is 8.05.